The largest absolute Gasteiger partial charge is 0.331 e. The Morgan fingerprint density at radius 3 is 2.16 bits per heavy atom. The number of nitrogens with two attached hydrogens (primary N) is 1. The molecule has 37 heavy (non-hydrogen) atoms. The van der Waals surface area contributed by atoms with Crippen molar-refractivity contribution in [3.63, 3.8) is 0 Å². The number of rotatable bonds is 8. The maximum Gasteiger partial charge on any atom is 0.319 e. The lowest BCUT2D eigenvalue weighted by Gasteiger charge is -2.18. The molecule has 4 aromatic carbocycles. The Morgan fingerprint density at radius 1 is 0.865 bits per heavy atom. The van der Waals surface area contributed by atoms with Gasteiger partial charge in [-0.05, 0) is 85.5 Å². The molecule has 0 aliphatic rings. The lowest BCUT2D eigenvalue weighted by atomic mass is 9.96. The van der Waals surface area contributed by atoms with Crippen molar-refractivity contribution in [2.45, 2.75) is 43.7 Å². The fraction of sp³-hybridized carbons (Fsp3) is 0.207. The fourth-order valence-electron chi connectivity index (χ4n) is 4.22. The summed E-state index contributed by atoms with van der Waals surface area (Å²) in [6.07, 6.45) is 0.683. The molecule has 0 saturated heterocycles. The van der Waals surface area contributed by atoms with E-state index in [-0.39, 0.29) is 22.5 Å². The molecule has 8 heteroatoms. The van der Waals surface area contributed by atoms with E-state index in [2.05, 4.69) is 15.4 Å². The van der Waals surface area contributed by atoms with Crippen molar-refractivity contribution in [3.8, 4) is 0 Å². The zero-order chi connectivity index (χ0) is 26.6. The van der Waals surface area contributed by atoms with Gasteiger partial charge in [0.05, 0.1) is 10.9 Å². The molecule has 4 rings (SSSR count). The first-order valence-electron chi connectivity index (χ1n) is 12.1. The van der Waals surface area contributed by atoms with Gasteiger partial charge in [-0.3, -0.25) is 4.72 Å². The minimum absolute atomic E-state index is 0.0924. The van der Waals surface area contributed by atoms with Gasteiger partial charge in [-0.1, -0.05) is 54.6 Å². The molecular formula is C29H32N4O3S. The first kappa shape index (κ1) is 26.2. The summed E-state index contributed by atoms with van der Waals surface area (Å²) in [7, 11) is -3.79. The normalized spacial score (nSPS) is 12.6. The molecule has 192 valence electrons. The summed E-state index contributed by atoms with van der Waals surface area (Å²) in [5, 5.41) is 7.90. The van der Waals surface area contributed by atoms with E-state index in [4.69, 9.17) is 5.73 Å². The molecule has 7 nitrogen and oxygen atoms in total. The standard InChI is InChI=1S/C29H32N4O3S/c1-20(26-10-6-8-22-7-4-5-9-27(22)26)31-28(34)32-23-15-17-25(18-16-23)37(35,36)33-24-13-11-21(12-14-24)19-29(2,3)30/h4-18,20,33H,19,30H2,1-3H3,(H2,31,32,34)/t20-/m0/s1. The van der Waals surface area contributed by atoms with Crippen LogP contribution in [0.4, 0.5) is 16.2 Å². The number of nitrogens with one attached hydrogen (secondary N) is 3. The van der Waals surface area contributed by atoms with Crippen LogP contribution in [0.15, 0.2) is 95.9 Å². The lowest BCUT2D eigenvalue weighted by Crippen LogP contribution is -2.34. The van der Waals surface area contributed by atoms with Gasteiger partial charge >= 0.3 is 6.03 Å². The molecule has 0 heterocycles. The SMILES string of the molecule is C[C@H](NC(=O)Nc1ccc(S(=O)(=O)Nc2ccc(CC(C)(C)N)cc2)cc1)c1cccc2ccccc12. The quantitative estimate of drug-likeness (QED) is 0.237. The summed E-state index contributed by atoms with van der Waals surface area (Å²) >= 11 is 0. The molecule has 0 aliphatic carbocycles. The number of anilines is 2. The number of benzene rings is 4. The van der Waals surface area contributed by atoms with Crippen LogP contribution >= 0.6 is 0 Å². The summed E-state index contributed by atoms with van der Waals surface area (Å²) in [6.45, 7) is 5.81. The molecule has 0 radical (unpaired) electrons. The lowest BCUT2D eigenvalue weighted by molar-refractivity contribution is 0.249. The third-order valence-corrected chi connectivity index (χ3v) is 7.32. The molecule has 2 amide bonds. The Kier molecular flexibility index (Phi) is 7.52. The molecule has 5 N–H and O–H groups in total. The number of sulfonamides is 1. The molecule has 1 atom stereocenters. The highest BCUT2D eigenvalue weighted by molar-refractivity contribution is 7.92. The molecular weight excluding hydrogens is 484 g/mol. The second-order valence-corrected chi connectivity index (χ2v) is 11.6. The number of fused-ring (bicyclic) bond motifs is 1. The van der Waals surface area contributed by atoms with E-state index in [9.17, 15) is 13.2 Å². The van der Waals surface area contributed by atoms with E-state index in [0.29, 0.717) is 17.8 Å². The summed E-state index contributed by atoms with van der Waals surface area (Å²) < 4.78 is 28.2. The van der Waals surface area contributed by atoms with Gasteiger partial charge in [0, 0.05) is 16.9 Å². The predicted molar refractivity (Wildman–Crippen MR) is 150 cm³/mol. The summed E-state index contributed by atoms with van der Waals surface area (Å²) in [5.74, 6) is 0. The monoisotopic (exact) mass is 516 g/mol. The highest BCUT2D eigenvalue weighted by atomic mass is 32.2. The second-order valence-electron chi connectivity index (χ2n) is 9.88. The van der Waals surface area contributed by atoms with Crippen molar-refractivity contribution >= 4 is 38.2 Å². The number of amides is 2. The van der Waals surface area contributed by atoms with Gasteiger partial charge in [-0.25, -0.2) is 13.2 Å². The zero-order valence-corrected chi connectivity index (χ0v) is 22.0. The van der Waals surface area contributed by atoms with E-state index < -0.39 is 10.0 Å². The smallest absolute Gasteiger partial charge is 0.319 e. The van der Waals surface area contributed by atoms with Gasteiger partial charge in [-0.15, -0.1) is 0 Å². The van der Waals surface area contributed by atoms with Gasteiger partial charge in [-0.2, -0.15) is 0 Å². The average Bonchev–Trinajstić information content (AvgIpc) is 2.84. The average molecular weight is 517 g/mol. The minimum Gasteiger partial charge on any atom is -0.331 e. The highest BCUT2D eigenvalue weighted by Gasteiger charge is 2.16. The van der Waals surface area contributed by atoms with E-state index >= 15 is 0 Å². The minimum atomic E-state index is -3.79. The Morgan fingerprint density at radius 2 is 1.49 bits per heavy atom. The van der Waals surface area contributed by atoms with Crippen molar-refractivity contribution in [2.75, 3.05) is 10.0 Å². The molecule has 0 fully saturated rings. The van der Waals surface area contributed by atoms with Crippen LogP contribution in [0.3, 0.4) is 0 Å². The van der Waals surface area contributed by atoms with Crippen molar-refractivity contribution in [1.82, 2.24) is 5.32 Å². The maximum atomic E-state index is 12.8. The topological polar surface area (TPSA) is 113 Å². The van der Waals surface area contributed by atoms with Crippen molar-refractivity contribution in [2.24, 2.45) is 5.73 Å². The van der Waals surface area contributed by atoms with Gasteiger partial charge in [0.2, 0.25) is 0 Å². The van der Waals surface area contributed by atoms with Crippen molar-refractivity contribution < 1.29 is 13.2 Å². The van der Waals surface area contributed by atoms with Gasteiger partial charge in [0.1, 0.15) is 0 Å². The summed E-state index contributed by atoms with van der Waals surface area (Å²) in [6, 6.07) is 26.6. The zero-order valence-electron chi connectivity index (χ0n) is 21.2. The van der Waals surface area contributed by atoms with E-state index in [1.165, 1.54) is 12.1 Å². The predicted octanol–water partition coefficient (Wildman–Crippen LogP) is 5.80. The van der Waals surface area contributed by atoms with Gasteiger partial charge in [0.25, 0.3) is 10.0 Å². The Hall–Kier alpha value is -3.88. The summed E-state index contributed by atoms with van der Waals surface area (Å²) in [4.78, 5) is 12.7. The van der Waals surface area contributed by atoms with Crippen LogP contribution < -0.4 is 21.1 Å². The van der Waals surface area contributed by atoms with Crippen LogP contribution in [-0.2, 0) is 16.4 Å². The maximum absolute atomic E-state index is 12.8. The molecule has 4 aromatic rings. The van der Waals surface area contributed by atoms with Gasteiger partial charge in [0.15, 0.2) is 0 Å². The number of carbonyl (C=O) groups excluding carboxylic acids is 1. The fourth-order valence-corrected chi connectivity index (χ4v) is 5.28. The molecule has 0 unspecified atom stereocenters. The Balaban J connectivity index is 1.37. The van der Waals surface area contributed by atoms with E-state index in [1.807, 2.05) is 75.4 Å². The van der Waals surface area contributed by atoms with Crippen LogP contribution in [-0.4, -0.2) is 20.0 Å². The molecule has 0 aromatic heterocycles. The van der Waals surface area contributed by atoms with Gasteiger partial charge < -0.3 is 16.4 Å². The van der Waals surface area contributed by atoms with Crippen LogP contribution in [0.2, 0.25) is 0 Å². The van der Waals surface area contributed by atoms with Crippen LogP contribution in [0.1, 0.15) is 37.9 Å². The first-order valence-corrected chi connectivity index (χ1v) is 13.5. The molecule has 0 spiro atoms. The number of urea groups is 1. The van der Waals surface area contributed by atoms with Crippen molar-refractivity contribution in [3.05, 3.63) is 102 Å². The molecule has 0 aliphatic heterocycles. The van der Waals surface area contributed by atoms with E-state index in [1.54, 1.807) is 24.3 Å². The third-order valence-electron chi connectivity index (χ3n) is 5.93. The van der Waals surface area contributed by atoms with Crippen molar-refractivity contribution in [1.29, 1.82) is 0 Å². The highest BCUT2D eigenvalue weighted by Crippen LogP contribution is 2.24. The third kappa shape index (κ3) is 6.87. The first-order chi connectivity index (χ1) is 17.5. The number of carbonyl (C=O) groups is 1. The number of hydrogen-bond donors (Lipinski definition) is 4. The Bertz CT molecular complexity index is 1490. The number of hydrogen-bond acceptors (Lipinski definition) is 4. The molecule has 0 saturated carbocycles. The Labute approximate surface area is 218 Å². The van der Waals surface area contributed by atoms with Crippen LogP contribution in [0.25, 0.3) is 10.8 Å². The van der Waals surface area contributed by atoms with Crippen LogP contribution in [0, 0.1) is 0 Å². The van der Waals surface area contributed by atoms with Crippen LogP contribution in [0.5, 0.6) is 0 Å². The summed E-state index contributed by atoms with van der Waals surface area (Å²) in [5.41, 5.74) is 8.69. The second kappa shape index (κ2) is 10.6. The molecule has 0 bridgehead atoms. The van der Waals surface area contributed by atoms with E-state index in [0.717, 1.165) is 21.9 Å².